The van der Waals surface area contributed by atoms with Gasteiger partial charge in [-0.1, -0.05) is 5.16 Å². The summed E-state index contributed by atoms with van der Waals surface area (Å²) >= 11 is 4.93. The molecule has 0 N–H and O–H groups in total. The van der Waals surface area contributed by atoms with E-state index in [1.165, 1.54) is 0 Å². The van der Waals surface area contributed by atoms with Gasteiger partial charge in [0.05, 0.1) is 15.4 Å². The maximum atomic E-state index is 12.0. The molecule has 0 saturated heterocycles. The van der Waals surface area contributed by atoms with Crippen LogP contribution in [0, 0.1) is 13.8 Å². The molecule has 1 atom stereocenters. The van der Waals surface area contributed by atoms with Crippen LogP contribution < -0.4 is 0 Å². The summed E-state index contributed by atoms with van der Waals surface area (Å²) in [4.78, 5) is 13.0. The highest BCUT2D eigenvalue weighted by atomic mass is 79.9. The molecule has 0 saturated carbocycles. The molecular formula is C13H14BrNO3S. The summed E-state index contributed by atoms with van der Waals surface area (Å²) in [6.07, 6.45) is 0. The minimum atomic E-state index is -0.366. The molecule has 0 aliphatic rings. The van der Waals surface area contributed by atoms with Crippen molar-refractivity contribution in [2.24, 2.45) is 0 Å². The molecule has 0 radical (unpaired) electrons. The highest BCUT2D eigenvalue weighted by Crippen LogP contribution is 2.26. The average Bonchev–Trinajstić information content (AvgIpc) is 2.92. The van der Waals surface area contributed by atoms with E-state index in [9.17, 15) is 4.79 Å². The minimum absolute atomic E-state index is 0.265. The summed E-state index contributed by atoms with van der Waals surface area (Å²) in [5.41, 5.74) is 1.55. The van der Waals surface area contributed by atoms with Gasteiger partial charge in [-0.2, -0.15) is 0 Å². The lowest BCUT2D eigenvalue weighted by Gasteiger charge is -2.10. The molecule has 102 valence electrons. The lowest BCUT2D eigenvalue weighted by Crippen LogP contribution is -2.14. The van der Waals surface area contributed by atoms with Crippen LogP contribution in [-0.4, -0.2) is 11.1 Å². The van der Waals surface area contributed by atoms with Gasteiger partial charge in [0.15, 0.2) is 0 Å². The molecule has 6 heteroatoms. The van der Waals surface area contributed by atoms with Gasteiger partial charge < -0.3 is 9.26 Å². The van der Waals surface area contributed by atoms with Crippen molar-refractivity contribution < 1.29 is 14.1 Å². The topological polar surface area (TPSA) is 52.3 Å². The summed E-state index contributed by atoms with van der Waals surface area (Å²) in [6.45, 7) is 5.73. The molecule has 19 heavy (non-hydrogen) atoms. The third-order valence-electron chi connectivity index (χ3n) is 2.86. The van der Waals surface area contributed by atoms with Gasteiger partial charge in [-0.25, -0.2) is 0 Å². The molecule has 0 amide bonds. The Morgan fingerprint density at radius 3 is 2.79 bits per heavy atom. The third-order valence-corrected chi connectivity index (χ3v) is 4.46. The Morgan fingerprint density at radius 2 is 2.26 bits per heavy atom. The maximum absolute atomic E-state index is 12.0. The van der Waals surface area contributed by atoms with Gasteiger partial charge in [0, 0.05) is 10.4 Å². The molecule has 4 nitrogen and oxygen atoms in total. The molecule has 2 aromatic heterocycles. The molecule has 2 rings (SSSR count). The van der Waals surface area contributed by atoms with Crippen LogP contribution in [0.4, 0.5) is 0 Å². The first-order valence-electron chi connectivity index (χ1n) is 5.82. The Hall–Kier alpha value is -1.14. The number of rotatable bonds is 4. The number of ether oxygens (including phenoxy) is 1. The van der Waals surface area contributed by atoms with Gasteiger partial charge in [0.2, 0.25) is 0 Å². The summed E-state index contributed by atoms with van der Waals surface area (Å²) in [5, 5.41) is 3.85. The number of carbonyl (C=O) groups is 1. The van der Waals surface area contributed by atoms with Gasteiger partial charge in [-0.3, -0.25) is 4.79 Å². The summed E-state index contributed by atoms with van der Waals surface area (Å²) < 4.78 is 11.4. The van der Waals surface area contributed by atoms with Crippen LogP contribution in [-0.2, 0) is 16.1 Å². The van der Waals surface area contributed by atoms with Crippen LogP contribution in [0.1, 0.15) is 34.7 Å². The van der Waals surface area contributed by atoms with Crippen molar-refractivity contribution in [2.75, 3.05) is 0 Å². The van der Waals surface area contributed by atoms with Gasteiger partial charge in [-0.05, 0) is 48.8 Å². The average molecular weight is 344 g/mol. The van der Waals surface area contributed by atoms with Crippen molar-refractivity contribution in [3.05, 3.63) is 37.8 Å². The number of thiophene rings is 1. The second-order valence-electron chi connectivity index (χ2n) is 4.27. The fourth-order valence-electron chi connectivity index (χ4n) is 1.92. The van der Waals surface area contributed by atoms with E-state index in [1.807, 2.05) is 19.1 Å². The quantitative estimate of drug-likeness (QED) is 0.788. The summed E-state index contributed by atoms with van der Waals surface area (Å²) in [5.74, 6) is 0.0365. The second kappa shape index (κ2) is 5.88. The number of hydrogen-bond donors (Lipinski definition) is 0. The first-order chi connectivity index (χ1) is 8.99. The van der Waals surface area contributed by atoms with E-state index in [1.54, 1.807) is 25.2 Å². The van der Waals surface area contributed by atoms with Crippen molar-refractivity contribution in [1.82, 2.24) is 5.16 Å². The Morgan fingerprint density at radius 1 is 1.53 bits per heavy atom. The Labute approximate surface area is 123 Å². The van der Waals surface area contributed by atoms with Crippen LogP contribution in [0.3, 0.4) is 0 Å². The highest BCUT2D eigenvalue weighted by molar-refractivity contribution is 9.11. The number of aryl methyl sites for hydroxylation is 2. The molecule has 2 heterocycles. The predicted molar refractivity (Wildman–Crippen MR) is 76.2 cm³/mol. The zero-order valence-corrected chi connectivity index (χ0v) is 13.3. The largest absolute Gasteiger partial charge is 0.460 e. The fourth-order valence-corrected chi connectivity index (χ4v) is 3.32. The van der Waals surface area contributed by atoms with Crippen molar-refractivity contribution in [2.45, 2.75) is 33.3 Å². The number of nitrogens with zero attached hydrogens (tertiary/aromatic N) is 1. The summed E-state index contributed by atoms with van der Waals surface area (Å²) in [6, 6.07) is 3.87. The molecule has 0 spiro atoms. The van der Waals surface area contributed by atoms with E-state index in [-0.39, 0.29) is 11.9 Å². The molecule has 0 aromatic carbocycles. The maximum Gasteiger partial charge on any atom is 0.313 e. The Balaban J connectivity index is 2.00. The smallest absolute Gasteiger partial charge is 0.313 e. The monoisotopic (exact) mass is 343 g/mol. The van der Waals surface area contributed by atoms with Gasteiger partial charge in [-0.15, -0.1) is 11.3 Å². The van der Waals surface area contributed by atoms with Gasteiger partial charge in [0.25, 0.3) is 0 Å². The normalized spacial score (nSPS) is 12.4. The molecule has 0 unspecified atom stereocenters. The van der Waals surface area contributed by atoms with Gasteiger partial charge in [0.1, 0.15) is 12.4 Å². The molecule has 2 aromatic rings. The zero-order valence-electron chi connectivity index (χ0n) is 10.9. The number of aromatic nitrogens is 1. The first kappa shape index (κ1) is 14.3. The van der Waals surface area contributed by atoms with Crippen molar-refractivity contribution in [1.29, 1.82) is 0 Å². The van der Waals surface area contributed by atoms with Gasteiger partial charge >= 0.3 is 5.97 Å². The lowest BCUT2D eigenvalue weighted by molar-refractivity contribution is -0.146. The second-order valence-corrected chi connectivity index (χ2v) is 6.82. The SMILES string of the molecule is Cc1noc(C)c1[C@@H](C)C(=O)OCc1ccc(Br)s1. The van der Waals surface area contributed by atoms with E-state index in [0.29, 0.717) is 12.4 Å². The lowest BCUT2D eigenvalue weighted by atomic mass is 10.00. The molecule has 0 aliphatic heterocycles. The number of hydrogen-bond acceptors (Lipinski definition) is 5. The number of halogens is 1. The van der Waals surface area contributed by atoms with Crippen molar-refractivity contribution in [3.8, 4) is 0 Å². The standard InChI is InChI=1S/C13H14BrNO3S/c1-7(12-8(2)15-18-9(12)3)13(16)17-6-10-4-5-11(14)19-10/h4-5,7H,6H2,1-3H3/t7-/m1/s1. The van der Waals surface area contributed by atoms with Crippen LogP contribution in [0.2, 0.25) is 0 Å². The zero-order chi connectivity index (χ0) is 14.0. The first-order valence-corrected chi connectivity index (χ1v) is 7.43. The van der Waals surface area contributed by atoms with E-state index in [2.05, 4.69) is 21.1 Å². The van der Waals surface area contributed by atoms with Crippen LogP contribution >= 0.6 is 27.3 Å². The molecular weight excluding hydrogens is 330 g/mol. The fraction of sp³-hybridized carbons (Fsp3) is 0.385. The van der Waals surface area contributed by atoms with E-state index in [0.717, 1.165) is 19.9 Å². The number of carbonyl (C=O) groups excluding carboxylic acids is 1. The Kier molecular flexibility index (Phi) is 4.42. The van der Waals surface area contributed by atoms with Crippen LogP contribution in [0.25, 0.3) is 0 Å². The molecule has 0 bridgehead atoms. The van der Waals surface area contributed by atoms with Crippen molar-refractivity contribution >= 4 is 33.2 Å². The molecule has 0 aliphatic carbocycles. The minimum Gasteiger partial charge on any atom is -0.460 e. The van der Waals surface area contributed by atoms with E-state index >= 15 is 0 Å². The summed E-state index contributed by atoms with van der Waals surface area (Å²) in [7, 11) is 0. The highest BCUT2D eigenvalue weighted by Gasteiger charge is 2.24. The van der Waals surface area contributed by atoms with Crippen LogP contribution in [0.15, 0.2) is 20.4 Å². The number of esters is 1. The Bertz CT molecular complexity index is 571. The predicted octanol–water partition coefficient (Wildman–Crippen LogP) is 3.96. The molecule has 0 fully saturated rings. The van der Waals surface area contributed by atoms with E-state index < -0.39 is 0 Å². The van der Waals surface area contributed by atoms with Crippen molar-refractivity contribution in [3.63, 3.8) is 0 Å². The third kappa shape index (κ3) is 3.25. The van der Waals surface area contributed by atoms with Crippen LogP contribution in [0.5, 0.6) is 0 Å². The van der Waals surface area contributed by atoms with E-state index in [4.69, 9.17) is 9.26 Å².